The number of thiophene rings is 1. The summed E-state index contributed by atoms with van der Waals surface area (Å²) in [6.07, 6.45) is -0.290. The van der Waals surface area contributed by atoms with Crippen LogP contribution in [-0.4, -0.2) is 28.6 Å². The van der Waals surface area contributed by atoms with Gasteiger partial charge in [-0.2, -0.15) is 0 Å². The Morgan fingerprint density at radius 1 is 1.10 bits per heavy atom. The number of nitrogens with zero attached hydrogens (tertiary/aromatic N) is 1. The Morgan fingerprint density at radius 3 is 2.52 bits per heavy atom. The molecule has 29 heavy (non-hydrogen) atoms. The van der Waals surface area contributed by atoms with Crippen molar-refractivity contribution in [1.29, 1.82) is 0 Å². The number of amides is 2. The Bertz CT molecular complexity index is 947. The number of carbonyl (C=O) groups excluding carboxylic acids is 2. The van der Waals surface area contributed by atoms with E-state index in [1.807, 2.05) is 53.2 Å². The summed E-state index contributed by atoms with van der Waals surface area (Å²) in [7, 11) is 0. The molecular formula is C21H23N3O3S2. The van der Waals surface area contributed by atoms with E-state index in [1.54, 1.807) is 32.1 Å². The first kappa shape index (κ1) is 21.0. The largest absolute Gasteiger partial charge is 0.444 e. The second-order valence-electron chi connectivity index (χ2n) is 7.39. The highest BCUT2D eigenvalue weighted by Gasteiger charge is 2.25. The minimum atomic E-state index is -0.790. The molecule has 2 amide bonds. The molecule has 152 valence electrons. The van der Waals surface area contributed by atoms with Crippen LogP contribution in [-0.2, 0) is 16.0 Å². The molecule has 0 aliphatic carbocycles. The number of anilines is 1. The molecule has 0 aliphatic heterocycles. The molecular weight excluding hydrogens is 406 g/mol. The molecule has 0 saturated carbocycles. The predicted octanol–water partition coefficient (Wildman–Crippen LogP) is 4.95. The van der Waals surface area contributed by atoms with Crippen molar-refractivity contribution in [3.63, 3.8) is 0 Å². The normalized spacial score (nSPS) is 12.2. The maximum absolute atomic E-state index is 12.9. The fourth-order valence-electron chi connectivity index (χ4n) is 2.57. The molecule has 0 aliphatic rings. The average Bonchev–Trinajstić information content (AvgIpc) is 3.32. The number of alkyl carbamates (subject to hydrolysis) is 1. The summed E-state index contributed by atoms with van der Waals surface area (Å²) in [4.78, 5) is 30.7. The maximum Gasteiger partial charge on any atom is 0.408 e. The lowest BCUT2D eigenvalue weighted by Crippen LogP contribution is -2.47. The van der Waals surface area contributed by atoms with E-state index in [9.17, 15) is 9.59 Å². The van der Waals surface area contributed by atoms with Crippen molar-refractivity contribution in [2.24, 2.45) is 0 Å². The topological polar surface area (TPSA) is 80.3 Å². The minimum absolute atomic E-state index is 0.341. The fraction of sp³-hybridized carbons (Fsp3) is 0.286. The van der Waals surface area contributed by atoms with Crippen LogP contribution in [0.3, 0.4) is 0 Å². The molecule has 2 N–H and O–H groups in total. The molecule has 3 rings (SSSR count). The summed E-state index contributed by atoms with van der Waals surface area (Å²) >= 11 is 2.94. The van der Waals surface area contributed by atoms with Crippen LogP contribution >= 0.6 is 22.7 Å². The van der Waals surface area contributed by atoms with Gasteiger partial charge in [-0.25, -0.2) is 9.78 Å². The first-order valence-electron chi connectivity index (χ1n) is 9.14. The molecule has 0 bridgehead atoms. The first-order valence-corrected chi connectivity index (χ1v) is 10.9. The molecule has 1 unspecified atom stereocenters. The van der Waals surface area contributed by atoms with Crippen LogP contribution in [0.2, 0.25) is 0 Å². The molecule has 0 fully saturated rings. The van der Waals surface area contributed by atoms with Gasteiger partial charge in [0.2, 0.25) is 5.91 Å². The van der Waals surface area contributed by atoms with Crippen LogP contribution in [0.15, 0.2) is 53.2 Å². The molecule has 0 saturated heterocycles. The van der Waals surface area contributed by atoms with Crippen LogP contribution in [0.4, 0.5) is 9.93 Å². The van der Waals surface area contributed by atoms with E-state index in [1.165, 1.54) is 11.3 Å². The number of thiazole rings is 1. The molecule has 0 spiro atoms. The number of carbonyl (C=O) groups is 2. The highest BCUT2D eigenvalue weighted by molar-refractivity contribution is 7.16. The Labute approximate surface area is 178 Å². The van der Waals surface area contributed by atoms with Gasteiger partial charge in [0.05, 0.1) is 10.6 Å². The number of hydrogen-bond acceptors (Lipinski definition) is 6. The van der Waals surface area contributed by atoms with Crippen molar-refractivity contribution in [2.45, 2.75) is 38.8 Å². The molecule has 1 aromatic carbocycles. The van der Waals surface area contributed by atoms with Crippen molar-refractivity contribution >= 4 is 39.8 Å². The molecule has 3 aromatic rings. The number of benzene rings is 1. The Kier molecular flexibility index (Phi) is 6.66. The number of aromatic nitrogens is 1. The number of ether oxygens (including phenoxy) is 1. The van der Waals surface area contributed by atoms with Gasteiger partial charge in [-0.1, -0.05) is 36.4 Å². The van der Waals surface area contributed by atoms with Gasteiger partial charge in [0.1, 0.15) is 11.6 Å². The van der Waals surface area contributed by atoms with Gasteiger partial charge in [0, 0.05) is 11.8 Å². The Balaban J connectivity index is 1.72. The maximum atomic E-state index is 12.9. The summed E-state index contributed by atoms with van der Waals surface area (Å²) in [5, 5.41) is 9.86. The van der Waals surface area contributed by atoms with Crippen molar-refractivity contribution in [2.75, 3.05) is 5.32 Å². The zero-order chi connectivity index (χ0) is 20.9. The second kappa shape index (κ2) is 9.19. The Hall–Kier alpha value is -2.71. The monoisotopic (exact) mass is 429 g/mol. The number of rotatable bonds is 6. The summed E-state index contributed by atoms with van der Waals surface area (Å²) in [5.41, 5.74) is 1.10. The quantitative estimate of drug-likeness (QED) is 0.581. The fourth-order valence-corrected chi connectivity index (χ4v) is 4.04. The smallest absolute Gasteiger partial charge is 0.408 e. The van der Waals surface area contributed by atoms with Gasteiger partial charge >= 0.3 is 6.09 Å². The van der Waals surface area contributed by atoms with E-state index in [0.717, 1.165) is 16.1 Å². The van der Waals surface area contributed by atoms with E-state index in [-0.39, 0.29) is 5.91 Å². The van der Waals surface area contributed by atoms with Crippen molar-refractivity contribution in [1.82, 2.24) is 10.3 Å². The van der Waals surface area contributed by atoms with Crippen LogP contribution in [0.5, 0.6) is 0 Å². The van der Waals surface area contributed by atoms with Crippen molar-refractivity contribution in [3.05, 3.63) is 58.8 Å². The lowest BCUT2D eigenvalue weighted by molar-refractivity contribution is -0.118. The van der Waals surface area contributed by atoms with Gasteiger partial charge in [0.25, 0.3) is 0 Å². The summed E-state index contributed by atoms with van der Waals surface area (Å²) in [5.74, 6) is -0.341. The van der Waals surface area contributed by atoms with E-state index in [0.29, 0.717) is 11.6 Å². The molecule has 8 heteroatoms. The van der Waals surface area contributed by atoms with Crippen LogP contribution in [0, 0.1) is 0 Å². The van der Waals surface area contributed by atoms with E-state index in [4.69, 9.17) is 4.74 Å². The van der Waals surface area contributed by atoms with Crippen LogP contribution < -0.4 is 10.6 Å². The molecule has 2 aromatic heterocycles. The predicted molar refractivity (Wildman–Crippen MR) is 117 cm³/mol. The zero-order valence-electron chi connectivity index (χ0n) is 16.5. The third-order valence-corrected chi connectivity index (χ3v) is 5.45. The third-order valence-electron chi connectivity index (χ3n) is 3.80. The standard InChI is InChI=1S/C21H23N3O3S2/c1-21(2,3)27-20(26)23-15(12-14-8-5-4-6-9-14)18(25)24-19-22-16(13-29-19)17-10-7-11-28-17/h4-11,13,15H,12H2,1-3H3,(H,23,26)(H,22,24,25). The summed E-state index contributed by atoms with van der Waals surface area (Å²) < 4.78 is 5.32. The van der Waals surface area contributed by atoms with Gasteiger partial charge in [-0.05, 0) is 37.8 Å². The molecule has 0 radical (unpaired) electrons. The van der Waals surface area contributed by atoms with Gasteiger partial charge in [-0.15, -0.1) is 22.7 Å². The number of nitrogens with one attached hydrogen (secondary N) is 2. The average molecular weight is 430 g/mol. The molecule has 6 nitrogen and oxygen atoms in total. The number of hydrogen-bond donors (Lipinski definition) is 2. The highest BCUT2D eigenvalue weighted by Crippen LogP contribution is 2.28. The van der Waals surface area contributed by atoms with Gasteiger partial charge < -0.3 is 15.4 Å². The van der Waals surface area contributed by atoms with Crippen LogP contribution in [0.1, 0.15) is 26.3 Å². The Morgan fingerprint density at radius 2 is 1.86 bits per heavy atom. The van der Waals surface area contributed by atoms with Crippen molar-refractivity contribution in [3.8, 4) is 10.6 Å². The first-order chi connectivity index (χ1) is 13.8. The van der Waals surface area contributed by atoms with Gasteiger partial charge in [-0.3, -0.25) is 4.79 Å². The summed E-state index contributed by atoms with van der Waals surface area (Å²) in [6, 6.07) is 12.7. The SMILES string of the molecule is CC(C)(C)OC(=O)NC(Cc1ccccc1)C(=O)Nc1nc(-c2cccs2)cs1. The minimum Gasteiger partial charge on any atom is -0.444 e. The van der Waals surface area contributed by atoms with E-state index in [2.05, 4.69) is 15.6 Å². The lowest BCUT2D eigenvalue weighted by atomic mass is 10.1. The summed E-state index contributed by atoms with van der Waals surface area (Å²) in [6.45, 7) is 5.33. The van der Waals surface area contributed by atoms with Crippen LogP contribution in [0.25, 0.3) is 10.6 Å². The lowest BCUT2D eigenvalue weighted by Gasteiger charge is -2.23. The molecule has 2 heterocycles. The second-order valence-corrected chi connectivity index (χ2v) is 9.20. The third kappa shape index (κ3) is 6.40. The van der Waals surface area contributed by atoms with E-state index < -0.39 is 17.7 Å². The van der Waals surface area contributed by atoms with Crippen molar-refractivity contribution < 1.29 is 14.3 Å². The van der Waals surface area contributed by atoms with Gasteiger partial charge in [0.15, 0.2) is 5.13 Å². The molecule has 1 atom stereocenters. The van der Waals surface area contributed by atoms with E-state index >= 15 is 0 Å². The highest BCUT2D eigenvalue weighted by atomic mass is 32.1. The zero-order valence-corrected chi connectivity index (χ0v) is 18.1.